The minimum atomic E-state index is -1.79. The van der Waals surface area contributed by atoms with Crippen LogP contribution in [-0.2, 0) is 48.0 Å². The molecular formula is C43H46N6O11. The molecule has 0 radical (unpaired) electrons. The summed E-state index contributed by atoms with van der Waals surface area (Å²) in [5, 5.41) is 32.3. The summed E-state index contributed by atoms with van der Waals surface area (Å²) in [5.41, 5.74) is 6.59. The van der Waals surface area contributed by atoms with E-state index in [1.165, 1.54) is 24.3 Å². The fraction of sp³-hybridized carbons (Fsp3) is 0.279. The van der Waals surface area contributed by atoms with Gasteiger partial charge in [-0.15, -0.1) is 0 Å². The number of aromatic amines is 1. The Labute approximate surface area is 344 Å². The first-order valence-electron chi connectivity index (χ1n) is 18.9. The zero-order valence-electron chi connectivity index (χ0n) is 33.0. The molecule has 9 N–H and O–H groups in total. The third-order valence-corrected chi connectivity index (χ3v) is 9.20. The molecule has 5 aromatic rings. The fourth-order valence-corrected chi connectivity index (χ4v) is 6.44. The SMILES string of the molecule is CC(C)(C)OC(=O)N[C@@H](Cc1c[nH]c2ccccc12)C(=O)N[C@@H](Cc1ccc2ccccc2c1)C(=O)N[C@@H](CC(=O)O)C(=O)N[C@@H](Cc1ccc(OC(N)=O)cc1)C(=O)O. The lowest BCUT2D eigenvalue weighted by Gasteiger charge is -2.27. The van der Waals surface area contributed by atoms with Crippen molar-refractivity contribution in [1.82, 2.24) is 26.3 Å². The summed E-state index contributed by atoms with van der Waals surface area (Å²) in [5.74, 6) is -5.71. The Morgan fingerprint density at radius 1 is 0.667 bits per heavy atom. The first-order chi connectivity index (χ1) is 28.4. The summed E-state index contributed by atoms with van der Waals surface area (Å²) in [6.07, 6.45) is -1.61. The second-order valence-corrected chi connectivity index (χ2v) is 15.0. The average molecular weight is 823 g/mol. The predicted molar refractivity (Wildman–Crippen MR) is 219 cm³/mol. The number of para-hydroxylation sites is 1. The van der Waals surface area contributed by atoms with E-state index in [1.54, 1.807) is 33.0 Å². The predicted octanol–water partition coefficient (Wildman–Crippen LogP) is 3.71. The van der Waals surface area contributed by atoms with Crippen molar-refractivity contribution in [2.75, 3.05) is 0 Å². The standard InChI is InChI=1S/C43H46N6O11/c1-43(2,3)60-42(58)49-33(21-28-23-45-31-11-7-6-10-30(28)31)38(53)46-32(20-25-12-15-26-8-4-5-9-27(26)18-25)37(52)47-34(22-36(50)51)39(54)48-35(40(55)56)19-24-13-16-29(17-14-24)59-41(44)57/h4-18,23,32-35,45H,19-22H2,1-3H3,(H2,44,57)(H,46,53)(H,47,52)(H,48,54)(H,49,58)(H,50,51)(H,55,56)/t32-,33-,34-,35-/m0/s1. The van der Waals surface area contributed by atoms with Gasteiger partial charge in [0, 0.05) is 36.4 Å². The quantitative estimate of drug-likeness (QED) is 0.0670. The number of carbonyl (C=O) groups is 7. The molecule has 0 spiro atoms. The molecule has 0 aliphatic rings. The topological polar surface area (TPSA) is 268 Å². The first-order valence-corrected chi connectivity index (χ1v) is 18.9. The smallest absolute Gasteiger partial charge is 0.409 e. The second-order valence-electron chi connectivity index (χ2n) is 15.0. The van der Waals surface area contributed by atoms with E-state index in [2.05, 4.69) is 26.3 Å². The Morgan fingerprint density at radius 2 is 1.23 bits per heavy atom. The number of alkyl carbamates (subject to hydrolysis) is 1. The van der Waals surface area contributed by atoms with Crippen molar-refractivity contribution in [3.63, 3.8) is 0 Å². The second kappa shape index (κ2) is 19.3. The lowest BCUT2D eigenvalue weighted by Crippen LogP contribution is -2.59. The van der Waals surface area contributed by atoms with Crippen LogP contribution in [0.15, 0.2) is 97.2 Å². The number of primary amides is 1. The molecule has 0 saturated heterocycles. The fourth-order valence-electron chi connectivity index (χ4n) is 6.44. The minimum Gasteiger partial charge on any atom is -0.481 e. The molecule has 5 rings (SSSR count). The Kier molecular flexibility index (Phi) is 14.1. The maximum absolute atomic E-state index is 14.2. The van der Waals surface area contributed by atoms with Gasteiger partial charge in [0.05, 0.1) is 6.42 Å². The number of carboxylic acid groups (broad SMARTS) is 2. The number of fused-ring (bicyclic) bond motifs is 2. The van der Waals surface area contributed by atoms with Gasteiger partial charge in [0.2, 0.25) is 17.7 Å². The molecule has 0 fully saturated rings. The van der Waals surface area contributed by atoms with Crippen LogP contribution in [0.3, 0.4) is 0 Å². The number of hydrogen-bond acceptors (Lipinski definition) is 9. The van der Waals surface area contributed by atoms with Gasteiger partial charge in [-0.1, -0.05) is 72.8 Å². The van der Waals surface area contributed by atoms with Gasteiger partial charge in [-0.2, -0.15) is 0 Å². The number of carboxylic acids is 2. The molecule has 0 unspecified atom stereocenters. The Bertz CT molecular complexity index is 2390. The molecule has 0 bridgehead atoms. The van der Waals surface area contributed by atoms with Crippen molar-refractivity contribution in [2.24, 2.45) is 5.73 Å². The molecule has 17 heteroatoms. The third kappa shape index (κ3) is 12.5. The number of carbonyl (C=O) groups excluding carboxylic acids is 5. The van der Waals surface area contributed by atoms with E-state index >= 15 is 0 Å². The number of rotatable bonds is 17. The van der Waals surface area contributed by atoms with Crippen LogP contribution < -0.4 is 31.7 Å². The van der Waals surface area contributed by atoms with E-state index in [-0.39, 0.29) is 25.0 Å². The number of ether oxygens (including phenoxy) is 2. The van der Waals surface area contributed by atoms with Gasteiger partial charge in [0.25, 0.3) is 0 Å². The molecule has 0 saturated carbocycles. The highest BCUT2D eigenvalue weighted by Crippen LogP contribution is 2.21. The highest BCUT2D eigenvalue weighted by atomic mass is 16.6. The summed E-state index contributed by atoms with van der Waals surface area (Å²) in [6, 6.07) is 19.8. The van der Waals surface area contributed by atoms with Crippen LogP contribution >= 0.6 is 0 Å². The zero-order chi connectivity index (χ0) is 43.6. The normalized spacial score (nSPS) is 13.2. The van der Waals surface area contributed by atoms with Crippen molar-refractivity contribution in [3.8, 4) is 5.75 Å². The van der Waals surface area contributed by atoms with Crippen molar-refractivity contribution in [1.29, 1.82) is 0 Å². The maximum atomic E-state index is 14.2. The van der Waals surface area contributed by atoms with Crippen molar-refractivity contribution in [3.05, 3.63) is 114 Å². The molecule has 4 atom stereocenters. The number of H-pyrrole nitrogens is 1. The van der Waals surface area contributed by atoms with Crippen LogP contribution in [-0.4, -0.2) is 86.8 Å². The van der Waals surface area contributed by atoms with Crippen LogP contribution in [0.4, 0.5) is 9.59 Å². The summed E-state index contributed by atoms with van der Waals surface area (Å²) in [6.45, 7) is 4.98. The molecule has 0 aliphatic carbocycles. The Hall–Kier alpha value is -7.43. The van der Waals surface area contributed by atoms with Gasteiger partial charge < -0.3 is 51.7 Å². The number of nitrogens with one attached hydrogen (secondary N) is 5. The number of nitrogens with two attached hydrogens (primary N) is 1. The number of hydrogen-bond donors (Lipinski definition) is 8. The molecule has 4 aromatic carbocycles. The number of amides is 5. The van der Waals surface area contributed by atoms with Gasteiger partial charge >= 0.3 is 24.1 Å². The van der Waals surface area contributed by atoms with Gasteiger partial charge in [0.1, 0.15) is 35.5 Å². The van der Waals surface area contributed by atoms with Gasteiger partial charge in [0.15, 0.2) is 0 Å². The van der Waals surface area contributed by atoms with E-state index in [9.17, 15) is 43.8 Å². The van der Waals surface area contributed by atoms with Crippen LogP contribution in [0.1, 0.15) is 43.9 Å². The third-order valence-electron chi connectivity index (χ3n) is 9.20. The van der Waals surface area contributed by atoms with Crippen LogP contribution in [0.5, 0.6) is 5.75 Å². The lowest BCUT2D eigenvalue weighted by molar-refractivity contribution is -0.143. The number of aromatic nitrogens is 1. The molecule has 1 aromatic heterocycles. The largest absolute Gasteiger partial charge is 0.481 e. The summed E-state index contributed by atoms with van der Waals surface area (Å²) < 4.78 is 10.2. The monoisotopic (exact) mass is 822 g/mol. The molecule has 1 heterocycles. The molecule has 0 aliphatic heterocycles. The van der Waals surface area contributed by atoms with Gasteiger partial charge in [-0.05, 0) is 66.4 Å². The number of aliphatic carboxylic acids is 2. The van der Waals surface area contributed by atoms with Crippen molar-refractivity contribution in [2.45, 2.75) is 76.2 Å². The van der Waals surface area contributed by atoms with E-state index in [1.807, 2.05) is 60.7 Å². The highest BCUT2D eigenvalue weighted by molar-refractivity contribution is 5.97. The maximum Gasteiger partial charge on any atom is 0.409 e. The Balaban J connectivity index is 1.41. The van der Waals surface area contributed by atoms with E-state index in [4.69, 9.17) is 15.2 Å². The summed E-state index contributed by atoms with van der Waals surface area (Å²) in [7, 11) is 0. The van der Waals surface area contributed by atoms with Crippen LogP contribution in [0, 0.1) is 0 Å². The first kappa shape index (κ1) is 43.7. The Morgan fingerprint density at radius 3 is 1.88 bits per heavy atom. The molecule has 17 nitrogen and oxygen atoms in total. The van der Waals surface area contributed by atoms with Crippen LogP contribution in [0.25, 0.3) is 21.7 Å². The minimum absolute atomic E-state index is 0.0269. The van der Waals surface area contributed by atoms with Crippen molar-refractivity contribution < 1.29 is 53.2 Å². The van der Waals surface area contributed by atoms with Gasteiger partial charge in [-0.25, -0.2) is 14.4 Å². The number of benzene rings is 4. The molecule has 60 heavy (non-hydrogen) atoms. The van der Waals surface area contributed by atoms with E-state index < -0.39 is 78.0 Å². The average Bonchev–Trinajstić information content (AvgIpc) is 3.58. The molecular weight excluding hydrogens is 777 g/mol. The summed E-state index contributed by atoms with van der Waals surface area (Å²) in [4.78, 5) is 93.6. The lowest BCUT2D eigenvalue weighted by atomic mass is 9.99. The van der Waals surface area contributed by atoms with Crippen molar-refractivity contribution >= 4 is 63.5 Å². The van der Waals surface area contributed by atoms with Crippen LogP contribution in [0.2, 0.25) is 0 Å². The zero-order valence-corrected chi connectivity index (χ0v) is 33.0. The van der Waals surface area contributed by atoms with Gasteiger partial charge in [-0.3, -0.25) is 19.2 Å². The van der Waals surface area contributed by atoms with E-state index in [0.717, 1.165) is 21.7 Å². The summed E-state index contributed by atoms with van der Waals surface area (Å²) >= 11 is 0. The highest BCUT2D eigenvalue weighted by Gasteiger charge is 2.34. The molecule has 314 valence electrons. The molecule has 5 amide bonds. The van der Waals surface area contributed by atoms with E-state index in [0.29, 0.717) is 16.7 Å².